The second-order valence-electron chi connectivity index (χ2n) is 8.13. The molecule has 1 heterocycles. The van der Waals surface area contributed by atoms with Gasteiger partial charge in [0.25, 0.3) is 5.91 Å². The number of hydrogen-bond donors (Lipinski definition) is 1. The van der Waals surface area contributed by atoms with Crippen molar-refractivity contribution in [2.24, 2.45) is 0 Å². The van der Waals surface area contributed by atoms with Gasteiger partial charge in [-0.15, -0.1) is 0 Å². The number of esters is 1. The molecule has 0 atom stereocenters. The maximum Gasteiger partial charge on any atom is 0.338 e. The first kappa shape index (κ1) is 23.6. The first-order valence-corrected chi connectivity index (χ1v) is 10.6. The van der Waals surface area contributed by atoms with Crippen LogP contribution in [0.4, 0.5) is 5.69 Å². The summed E-state index contributed by atoms with van der Waals surface area (Å²) in [6.07, 6.45) is 1.21. The summed E-state index contributed by atoms with van der Waals surface area (Å²) in [5.74, 6) is 0.0553. The molecule has 0 saturated carbocycles. The van der Waals surface area contributed by atoms with Crippen LogP contribution in [-0.2, 0) is 9.53 Å². The molecule has 0 saturated heterocycles. The fourth-order valence-electron chi connectivity index (χ4n) is 3.28. The first-order valence-electron chi connectivity index (χ1n) is 10.6. The minimum absolute atomic E-state index is 0.0692. The van der Waals surface area contributed by atoms with E-state index in [1.165, 1.54) is 6.08 Å². The summed E-state index contributed by atoms with van der Waals surface area (Å²) in [4.78, 5) is 24.8. The van der Waals surface area contributed by atoms with Gasteiger partial charge in [0.1, 0.15) is 23.2 Å². The third-order valence-electron chi connectivity index (χ3n) is 4.99. The summed E-state index contributed by atoms with van der Waals surface area (Å²) >= 11 is 0. The standard InChI is InChI=1S/C27H26N2O4/c1-16(2)32-27(31)20-8-10-23(19(5)13-20)25-11-9-22(33-25)14-21(15-28)26(30)29-24-12-17(3)6-7-18(24)4/h6-14,16H,1-5H3,(H,29,30)/b21-14+. The minimum atomic E-state index is -0.506. The summed E-state index contributed by atoms with van der Waals surface area (Å²) in [7, 11) is 0. The predicted octanol–water partition coefficient (Wildman–Crippen LogP) is 5.98. The molecule has 0 spiro atoms. The van der Waals surface area contributed by atoms with Crippen LogP contribution in [0.3, 0.4) is 0 Å². The van der Waals surface area contributed by atoms with Crippen LogP contribution >= 0.6 is 0 Å². The maximum absolute atomic E-state index is 12.6. The number of furan rings is 1. The van der Waals surface area contributed by atoms with Crippen LogP contribution in [0.2, 0.25) is 0 Å². The number of amides is 1. The monoisotopic (exact) mass is 442 g/mol. The fourth-order valence-corrected chi connectivity index (χ4v) is 3.28. The van der Waals surface area contributed by atoms with Crippen molar-refractivity contribution in [3.63, 3.8) is 0 Å². The van der Waals surface area contributed by atoms with Crippen molar-refractivity contribution in [2.45, 2.75) is 40.7 Å². The van der Waals surface area contributed by atoms with Crippen LogP contribution in [0.15, 0.2) is 58.5 Å². The van der Waals surface area contributed by atoms with Gasteiger partial charge in [0.15, 0.2) is 0 Å². The number of nitrogens with zero attached hydrogens (tertiary/aromatic N) is 1. The molecular formula is C27H26N2O4. The van der Waals surface area contributed by atoms with Gasteiger partial charge < -0.3 is 14.5 Å². The van der Waals surface area contributed by atoms with Crippen LogP contribution in [0.1, 0.15) is 46.7 Å². The molecule has 0 radical (unpaired) electrons. The normalized spacial score (nSPS) is 11.2. The number of ether oxygens (including phenoxy) is 1. The van der Waals surface area contributed by atoms with Gasteiger partial charge in [0.2, 0.25) is 0 Å². The van der Waals surface area contributed by atoms with Gasteiger partial charge in [-0.3, -0.25) is 4.79 Å². The van der Waals surface area contributed by atoms with Crippen molar-refractivity contribution in [1.29, 1.82) is 5.26 Å². The highest BCUT2D eigenvalue weighted by Crippen LogP contribution is 2.28. The van der Waals surface area contributed by atoms with Gasteiger partial charge in [0, 0.05) is 17.3 Å². The molecule has 1 amide bonds. The lowest BCUT2D eigenvalue weighted by atomic mass is 10.0. The van der Waals surface area contributed by atoms with Crippen LogP contribution in [0.25, 0.3) is 17.4 Å². The molecule has 6 nitrogen and oxygen atoms in total. The highest BCUT2D eigenvalue weighted by atomic mass is 16.5. The average Bonchev–Trinajstić information content (AvgIpc) is 3.22. The smallest absolute Gasteiger partial charge is 0.338 e. The lowest BCUT2D eigenvalue weighted by molar-refractivity contribution is -0.112. The number of anilines is 1. The van der Waals surface area contributed by atoms with E-state index in [4.69, 9.17) is 9.15 Å². The van der Waals surface area contributed by atoms with Gasteiger partial charge >= 0.3 is 5.97 Å². The van der Waals surface area contributed by atoms with E-state index in [1.54, 1.807) is 44.2 Å². The third kappa shape index (κ3) is 5.78. The summed E-state index contributed by atoms with van der Waals surface area (Å²) in [6.45, 7) is 9.30. The Morgan fingerprint density at radius 1 is 1.03 bits per heavy atom. The number of nitrogens with one attached hydrogen (secondary N) is 1. The molecule has 0 aliphatic rings. The Kier molecular flexibility index (Phi) is 7.14. The largest absolute Gasteiger partial charge is 0.459 e. The lowest BCUT2D eigenvalue weighted by Crippen LogP contribution is -2.14. The predicted molar refractivity (Wildman–Crippen MR) is 128 cm³/mol. The van der Waals surface area contributed by atoms with Crippen molar-refractivity contribution in [3.8, 4) is 17.4 Å². The Morgan fingerprint density at radius 2 is 1.79 bits per heavy atom. The van der Waals surface area contributed by atoms with Crippen molar-refractivity contribution in [1.82, 2.24) is 0 Å². The van der Waals surface area contributed by atoms with E-state index in [1.807, 2.05) is 45.0 Å². The zero-order chi connectivity index (χ0) is 24.1. The van der Waals surface area contributed by atoms with E-state index < -0.39 is 5.91 Å². The quantitative estimate of drug-likeness (QED) is 0.288. The summed E-state index contributed by atoms with van der Waals surface area (Å²) in [5.41, 5.74) is 4.61. The Labute approximate surface area is 193 Å². The van der Waals surface area contributed by atoms with E-state index >= 15 is 0 Å². The molecule has 3 rings (SSSR count). The molecule has 0 aliphatic heterocycles. The number of carbonyl (C=O) groups is 2. The summed E-state index contributed by atoms with van der Waals surface area (Å²) in [6, 6.07) is 16.3. The molecule has 2 aromatic carbocycles. The Bertz CT molecular complexity index is 1280. The molecule has 1 N–H and O–H groups in total. The molecular weight excluding hydrogens is 416 g/mol. The SMILES string of the molecule is Cc1ccc(C)c(NC(=O)/C(C#N)=C/c2ccc(-c3ccc(C(=O)OC(C)C)cc3C)o2)c1. The van der Waals surface area contributed by atoms with E-state index in [0.29, 0.717) is 22.8 Å². The van der Waals surface area contributed by atoms with Crippen molar-refractivity contribution in [2.75, 3.05) is 5.32 Å². The van der Waals surface area contributed by atoms with Crippen LogP contribution in [0.5, 0.6) is 0 Å². The number of benzene rings is 2. The number of rotatable bonds is 6. The number of carbonyl (C=O) groups excluding carboxylic acids is 2. The van der Waals surface area contributed by atoms with Crippen molar-refractivity contribution in [3.05, 3.63) is 82.1 Å². The van der Waals surface area contributed by atoms with Gasteiger partial charge in [0.05, 0.1) is 11.7 Å². The molecule has 0 bridgehead atoms. The van der Waals surface area contributed by atoms with Crippen molar-refractivity contribution >= 4 is 23.6 Å². The number of hydrogen-bond acceptors (Lipinski definition) is 5. The molecule has 6 heteroatoms. The molecule has 0 aliphatic carbocycles. The first-order chi connectivity index (χ1) is 15.7. The van der Waals surface area contributed by atoms with Crippen molar-refractivity contribution < 1.29 is 18.7 Å². The van der Waals surface area contributed by atoms with E-state index in [2.05, 4.69) is 5.32 Å². The molecule has 168 valence electrons. The zero-order valence-corrected chi connectivity index (χ0v) is 19.4. The van der Waals surface area contributed by atoms with Gasteiger partial charge in [-0.2, -0.15) is 5.26 Å². The molecule has 3 aromatic rings. The van der Waals surface area contributed by atoms with E-state index in [-0.39, 0.29) is 17.6 Å². The Balaban J connectivity index is 1.81. The summed E-state index contributed by atoms with van der Waals surface area (Å²) in [5, 5.41) is 12.3. The average molecular weight is 443 g/mol. The van der Waals surface area contributed by atoms with E-state index in [0.717, 1.165) is 22.3 Å². The van der Waals surface area contributed by atoms with Gasteiger partial charge in [-0.05, 0) is 81.6 Å². The summed E-state index contributed by atoms with van der Waals surface area (Å²) < 4.78 is 11.1. The number of aryl methyl sites for hydroxylation is 3. The Hall–Kier alpha value is -4.11. The van der Waals surface area contributed by atoms with E-state index in [9.17, 15) is 14.9 Å². The second-order valence-corrected chi connectivity index (χ2v) is 8.13. The molecule has 33 heavy (non-hydrogen) atoms. The molecule has 0 unspecified atom stereocenters. The van der Waals surface area contributed by atoms with Crippen LogP contribution in [0, 0.1) is 32.1 Å². The maximum atomic E-state index is 12.6. The van der Waals surface area contributed by atoms with Crippen LogP contribution in [-0.4, -0.2) is 18.0 Å². The fraction of sp³-hybridized carbons (Fsp3) is 0.222. The molecule has 1 aromatic heterocycles. The minimum Gasteiger partial charge on any atom is -0.459 e. The highest BCUT2D eigenvalue weighted by molar-refractivity contribution is 6.09. The van der Waals surface area contributed by atoms with Crippen LogP contribution < -0.4 is 5.32 Å². The lowest BCUT2D eigenvalue weighted by Gasteiger charge is -2.10. The Morgan fingerprint density at radius 3 is 2.45 bits per heavy atom. The zero-order valence-electron chi connectivity index (χ0n) is 19.4. The van der Waals surface area contributed by atoms with Gasteiger partial charge in [-0.25, -0.2) is 4.79 Å². The second kappa shape index (κ2) is 10.0. The topological polar surface area (TPSA) is 92.3 Å². The molecule has 0 fully saturated rings. The number of nitriles is 1. The highest BCUT2D eigenvalue weighted by Gasteiger charge is 2.15. The third-order valence-corrected chi connectivity index (χ3v) is 4.99. The van der Waals surface area contributed by atoms with Gasteiger partial charge in [-0.1, -0.05) is 18.2 Å².